The van der Waals surface area contributed by atoms with Gasteiger partial charge >= 0.3 is 0 Å². The molecule has 0 spiro atoms. The fourth-order valence-corrected chi connectivity index (χ4v) is 4.21. The molecular weight excluding hydrogens is 400 g/mol. The predicted molar refractivity (Wildman–Crippen MR) is 114 cm³/mol. The summed E-state index contributed by atoms with van der Waals surface area (Å²) < 4.78 is 31.6. The third kappa shape index (κ3) is 5.39. The van der Waals surface area contributed by atoms with Gasteiger partial charge in [0.15, 0.2) is 0 Å². The number of nitrogens with one attached hydrogen (secondary N) is 1. The van der Waals surface area contributed by atoms with Crippen LogP contribution in [0, 0.1) is 6.92 Å². The molecule has 28 heavy (non-hydrogen) atoms. The van der Waals surface area contributed by atoms with Crippen LogP contribution in [-0.2, 0) is 14.8 Å². The standard InChI is InChI=1S/C20H25ClN2O4S/c1-5-19(20(24)22-15-8-7-9-17(12-15)27-6-2)23(28(4,25)26)16-11-10-14(3)18(21)13-16/h7-13,19H,5-6H2,1-4H3,(H,22,24). The third-order valence-corrected chi connectivity index (χ3v) is 5.74. The molecule has 0 heterocycles. The molecule has 8 heteroatoms. The predicted octanol–water partition coefficient (Wildman–Crippen LogP) is 4.23. The maximum Gasteiger partial charge on any atom is 0.248 e. The van der Waals surface area contributed by atoms with Crippen molar-refractivity contribution in [1.29, 1.82) is 0 Å². The zero-order valence-corrected chi connectivity index (χ0v) is 18.0. The number of amides is 1. The van der Waals surface area contributed by atoms with Crippen LogP contribution in [0.4, 0.5) is 11.4 Å². The molecule has 0 aliphatic heterocycles. The van der Waals surface area contributed by atoms with Gasteiger partial charge in [-0.25, -0.2) is 8.42 Å². The van der Waals surface area contributed by atoms with Crippen molar-refractivity contribution in [2.45, 2.75) is 33.2 Å². The summed E-state index contributed by atoms with van der Waals surface area (Å²) in [7, 11) is -3.72. The molecule has 1 N–H and O–H groups in total. The largest absolute Gasteiger partial charge is 0.494 e. The molecule has 1 amide bonds. The van der Waals surface area contributed by atoms with Crippen molar-refractivity contribution < 1.29 is 17.9 Å². The smallest absolute Gasteiger partial charge is 0.248 e. The van der Waals surface area contributed by atoms with E-state index in [-0.39, 0.29) is 6.42 Å². The number of hydrogen-bond acceptors (Lipinski definition) is 4. The van der Waals surface area contributed by atoms with Crippen LogP contribution >= 0.6 is 11.6 Å². The first-order chi connectivity index (χ1) is 13.2. The number of halogens is 1. The average molecular weight is 425 g/mol. The highest BCUT2D eigenvalue weighted by Gasteiger charge is 2.31. The summed E-state index contributed by atoms with van der Waals surface area (Å²) in [4.78, 5) is 12.9. The Morgan fingerprint density at radius 2 is 1.93 bits per heavy atom. The lowest BCUT2D eigenvalue weighted by atomic mass is 10.1. The molecule has 2 rings (SSSR count). The Hall–Kier alpha value is -2.25. The minimum absolute atomic E-state index is 0.287. The van der Waals surface area contributed by atoms with Crippen LogP contribution in [0.3, 0.4) is 0 Å². The van der Waals surface area contributed by atoms with Crippen LogP contribution in [0.25, 0.3) is 0 Å². The Labute approximate surface area is 171 Å². The number of nitrogens with zero attached hydrogens (tertiary/aromatic N) is 1. The van der Waals surface area contributed by atoms with E-state index in [9.17, 15) is 13.2 Å². The SMILES string of the molecule is CCOc1cccc(NC(=O)C(CC)N(c2ccc(C)c(Cl)c2)S(C)(=O)=O)c1. The van der Waals surface area contributed by atoms with Gasteiger partial charge in [-0.2, -0.15) is 0 Å². The number of carbonyl (C=O) groups is 1. The zero-order valence-electron chi connectivity index (χ0n) is 16.4. The van der Waals surface area contributed by atoms with Crippen molar-refractivity contribution in [1.82, 2.24) is 0 Å². The lowest BCUT2D eigenvalue weighted by Crippen LogP contribution is -2.47. The maximum atomic E-state index is 12.9. The monoisotopic (exact) mass is 424 g/mol. The quantitative estimate of drug-likeness (QED) is 0.688. The van der Waals surface area contributed by atoms with E-state index in [1.807, 2.05) is 13.8 Å². The number of benzene rings is 2. The summed E-state index contributed by atoms with van der Waals surface area (Å²) in [5, 5.41) is 3.22. The molecule has 0 aliphatic carbocycles. The number of rotatable bonds is 8. The number of sulfonamides is 1. The van der Waals surface area contributed by atoms with Gasteiger partial charge in [-0.05, 0) is 50.1 Å². The van der Waals surface area contributed by atoms with E-state index in [0.717, 1.165) is 16.1 Å². The van der Waals surface area contributed by atoms with Crippen LogP contribution in [0.15, 0.2) is 42.5 Å². The molecule has 6 nitrogen and oxygen atoms in total. The van der Waals surface area contributed by atoms with E-state index < -0.39 is 22.0 Å². The zero-order chi connectivity index (χ0) is 20.9. The molecule has 0 saturated heterocycles. The highest BCUT2D eigenvalue weighted by Crippen LogP contribution is 2.28. The van der Waals surface area contributed by atoms with Gasteiger partial charge in [0.2, 0.25) is 15.9 Å². The Kier molecular flexibility index (Phi) is 7.32. The fourth-order valence-electron chi connectivity index (χ4n) is 2.83. The van der Waals surface area contributed by atoms with E-state index in [1.165, 1.54) is 0 Å². The normalized spacial score (nSPS) is 12.3. The van der Waals surface area contributed by atoms with E-state index in [2.05, 4.69) is 5.32 Å². The van der Waals surface area contributed by atoms with Crippen LogP contribution in [-0.4, -0.2) is 33.2 Å². The van der Waals surface area contributed by atoms with Crippen molar-refractivity contribution in [2.24, 2.45) is 0 Å². The number of ether oxygens (including phenoxy) is 1. The van der Waals surface area contributed by atoms with E-state index in [0.29, 0.717) is 28.8 Å². The van der Waals surface area contributed by atoms with Crippen LogP contribution in [0.5, 0.6) is 5.75 Å². The summed E-state index contributed by atoms with van der Waals surface area (Å²) in [6.07, 6.45) is 1.36. The molecule has 1 atom stereocenters. The highest BCUT2D eigenvalue weighted by molar-refractivity contribution is 7.92. The number of carbonyl (C=O) groups excluding carboxylic acids is 1. The highest BCUT2D eigenvalue weighted by atomic mass is 35.5. The second-order valence-corrected chi connectivity index (χ2v) is 8.63. The van der Waals surface area contributed by atoms with Crippen molar-refractivity contribution in [3.05, 3.63) is 53.1 Å². The van der Waals surface area contributed by atoms with Gasteiger partial charge < -0.3 is 10.1 Å². The van der Waals surface area contributed by atoms with Gasteiger partial charge in [0.1, 0.15) is 11.8 Å². The number of aryl methyl sites for hydroxylation is 1. The van der Waals surface area contributed by atoms with Gasteiger partial charge in [-0.15, -0.1) is 0 Å². The fraction of sp³-hybridized carbons (Fsp3) is 0.350. The Morgan fingerprint density at radius 3 is 2.50 bits per heavy atom. The summed E-state index contributed by atoms with van der Waals surface area (Å²) in [6.45, 7) is 5.96. The maximum absolute atomic E-state index is 12.9. The first-order valence-corrected chi connectivity index (χ1v) is 11.2. The Bertz CT molecular complexity index is 947. The van der Waals surface area contributed by atoms with Crippen molar-refractivity contribution in [3.8, 4) is 5.75 Å². The van der Waals surface area contributed by atoms with E-state index in [4.69, 9.17) is 16.3 Å². The Morgan fingerprint density at radius 1 is 1.21 bits per heavy atom. The minimum Gasteiger partial charge on any atom is -0.494 e. The second-order valence-electron chi connectivity index (χ2n) is 6.37. The van der Waals surface area contributed by atoms with Gasteiger partial charge in [0, 0.05) is 16.8 Å². The molecule has 0 bridgehead atoms. The summed E-state index contributed by atoms with van der Waals surface area (Å²) in [6, 6.07) is 11.0. The molecule has 2 aromatic rings. The van der Waals surface area contributed by atoms with Crippen molar-refractivity contribution >= 4 is 38.9 Å². The molecule has 0 saturated carbocycles. The van der Waals surface area contributed by atoms with Gasteiger partial charge in [-0.1, -0.05) is 30.7 Å². The lowest BCUT2D eigenvalue weighted by molar-refractivity contribution is -0.117. The average Bonchev–Trinajstić information content (AvgIpc) is 2.61. The third-order valence-electron chi connectivity index (χ3n) is 4.15. The van der Waals surface area contributed by atoms with E-state index >= 15 is 0 Å². The minimum atomic E-state index is -3.72. The van der Waals surface area contributed by atoms with Crippen molar-refractivity contribution in [3.63, 3.8) is 0 Å². The molecular formula is C20H25ClN2O4S. The first-order valence-electron chi connectivity index (χ1n) is 8.96. The van der Waals surface area contributed by atoms with Gasteiger partial charge in [0.25, 0.3) is 0 Å². The van der Waals surface area contributed by atoms with Crippen LogP contribution in [0.1, 0.15) is 25.8 Å². The lowest BCUT2D eigenvalue weighted by Gasteiger charge is -2.30. The molecule has 0 aromatic heterocycles. The summed E-state index contributed by atoms with van der Waals surface area (Å²) in [5.74, 6) is 0.192. The van der Waals surface area contributed by atoms with Gasteiger partial charge in [-0.3, -0.25) is 9.10 Å². The summed E-state index contributed by atoms with van der Waals surface area (Å²) in [5.41, 5.74) is 1.71. The topological polar surface area (TPSA) is 75.7 Å². The first kappa shape index (κ1) is 22.0. The molecule has 0 fully saturated rings. The molecule has 0 radical (unpaired) electrons. The van der Waals surface area contributed by atoms with Crippen LogP contribution < -0.4 is 14.4 Å². The van der Waals surface area contributed by atoms with Crippen molar-refractivity contribution in [2.75, 3.05) is 22.5 Å². The van der Waals surface area contributed by atoms with Gasteiger partial charge in [0.05, 0.1) is 18.6 Å². The summed E-state index contributed by atoms with van der Waals surface area (Å²) >= 11 is 6.18. The molecule has 2 aromatic carbocycles. The van der Waals surface area contributed by atoms with Crippen LogP contribution in [0.2, 0.25) is 5.02 Å². The number of anilines is 2. The molecule has 0 aliphatic rings. The Balaban J connectivity index is 2.36. The molecule has 1 unspecified atom stereocenters. The second kappa shape index (κ2) is 9.30. The molecule has 152 valence electrons. The number of hydrogen-bond donors (Lipinski definition) is 1. The van der Waals surface area contributed by atoms with E-state index in [1.54, 1.807) is 49.4 Å².